The molecular formula is C27H29N3O3. The third-order valence-corrected chi connectivity index (χ3v) is 7.83. The molecule has 1 aromatic heterocycles. The largest absolute Gasteiger partial charge is 0.412 e. The van der Waals surface area contributed by atoms with Crippen molar-refractivity contribution in [2.45, 2.75) is 50.5 Å². The molecule has 1 amide bonds. The van der Waals surface area contributed by atoms with Gasteiger partial charge < -0.3 is 14.8 Å². The summed E-state index contributed by atoms with van der Waals surface area (Å²) in [6, 6.07) is 17.9. The van der Waals surface area contributed by atoms with Crippen LogP contribution >= 0.6 is 0 Å². The van der Waals surface area contributed by atoms with Crippen molar-refractivity contribution in [2.24, 2.45) is 5.92 Å². The molecule has 6 nitrogen and oxygen atoms in total. The van der Waals surface area contributed by atoms with E-state index in [0.717, 1.165) is 41.5 Å². The summed E-state index contributed by atoms with van der Waals surface area (Å²) in [5.74, 6) is 1.17. The summed E-state index contributed by atoms with van der Waals surface area (Å²) in [5, 5.41) is 3.81. The molecule has 4 bridgehead atoms. The van der Waals surface area contributed by atoms with Crippen LogP contribution < -0.4 is 10.1 Å². The van der Waals surface area contributed by atoms with E-state index in [1.165, 1.54) is 12.8 Å². The number of piperidine rings is 3. The molecule has 33 heavy (non-hydrogen) atoms. The number of amides is 1. The molecule has 1 N–H and O–H groups in total. The third kappa shape index (κ3) is 3.58. The van der Waals surface area contributed by atoms with Crippen molar-refractivity contribution >= 4 is 17.0 Å². The smallest absolute Gasteiger partial charge is 0.410 e. The average molecular weight is 444 g/mol. The Bertz CT molecular complexity index is 1180. The Labute approximate surface area is 193 Å². The summed E-state index contributed by atoms with van der Waals surface area (Å²) in [7, 11) is 0. The van der Waals surface area contributed by atoms with Crippen molar-refractivity contribution in [3.8, 4) is 5.75 Å². The highest BCUT2D eigenvalue weighted by atomic mass is 16.6. The minimum atomic E-state index is -0.468. The third-order valence-electron chi connectivity index (χ3n) is 7.83. The number of hydrogen-bond acceptors (Lipinski definition) is 5. The Hall–Kier alpha value is -2.96. The number of fused-ring (bicyclic) bond motifs is 3. The summed E-state index contributed by atoms with van der Waals surface area (Å²) in [5.41, 5.74) is 3.01. The zero-order valence-corrected chi connectivity index (χ0v) is 18.9. The van der Waals surface area contributed by atoms with Crippen LogP contribution in [0.15, 0.2) is 60.8 Å². The van der Waals surface area contributed by atoms with Gasteiger partial charge >= 0.3 is 6.09 Å². The number of benzene rings is 2. The predicted molar refractivity (Wildman–Crippen MR) is 126 cm³/mol. The van der Waals surface area contributed by atoms with E-state index in [2.05, 4.69) is 28.2 Å². The van der Waals surface area contributed by atoms with Gasteiger partial charge in [0.2, 0.25) is 0 Å². The van der Waals surface area contributed by atoms with E-state index in [1.807, 2.05) is 48.7 Å². The van der Waals surface area contributed by atoms with Crippen LogP contribution in [-0.2, 0) is 11.3 Å². The van der Waals surface area contributed by atoms with E-state index in [4.69, 9.17) is 9.47 Å². The van der Waals surface area contributed by atoms with E-state index < -0.39 is 6.09 Å². The Kier molecular flexibility index (Phi) is 5.07. The van der Waals surface area contributed by atoms with Gasteiger partial charge in [-0.3, -0.25) is 9.88 Å². The average Bonchev–Trinajstić information content (AvgIpc) is 2.87. The number of morpholine rings is 1. The molecule has 2 aromatic carbocycles. The monoisotopic (exact) mass is 443 g/mol. The molecular weight excluding hydrogens is 414 g/mol. The van der Waals surface area contributed by atoms with Gasteiger partial charge in [0.25, 0.3) is 0 Å². The van der Waals surface area contributed by atoms with Gasteiger partial charge in [0.05, 0.1) is 17.2 Å². The lowest BCUT2D eigenvalue weighted by Gasteiger charge is -2.64. The lowest BCUT2D eigenvalue weighted by atomic mass is 9.66. The number of aromatic nitrogens is 1. The van der Waals surface area contributed by atoms with Gasteiger partial charge in [-0.25, -0.2) is 4.79 Å². The zero-order chi connectivity index (χ0) is 22.4. The summed E-state index contributed by atoms with van der Waals surface area (Å²) in [4.78, 5) is 19.6. The van der Waals surface area contributed by atoms with Crippen molar-refractivity contribution in [1.29, 1.82) is 0 Å². The van der Waals surface area contributed by atoms with Crippen molar-refractivity contribution in [3.05, 3.63) is 71.9 Å². The SMILES string of the molecule is CC[C@]12CN3CC[C@H]1C[C@@H]3[C@H](c1ccnc3ccc(OC(=O)NCc4ccccc4)cc13)O2. The zero-order valence-electron chi connectivity index (χ0n) is 18.9. The Balaban J connectivity index is 1.25. The van der Waals surface area contributed by atoms with Gasteiger partial charge in [-0.1, -0.05) is 37.3 Å². The number of carbonyl (C=O) groups is 1. The number of rotatable bonds is 5. The Morgan fingerprint density at radius 1 is 1.24 bits per heavy atom. The normalized spacial score (nSPS) is 29.8. The van der Waals surface area contributed by atoms with Crippen LogP contribution in [0.5, 0.6) is 5.75 Å². The van der Waals surface area contributed by atoms with Crippen LogP contribution in [0.3, 0.4) is 0 Å². The number of pyridine rings is 1. The van der Waals surface area contributed by atoms with Crippen molar-refractivity contribution in [3.63, 3.8) is 0 Å². The van der Waals surface area contributed by atoms with Crippen LogP contribution in [0, 0.1) is 5.92 Å². The lowest BCUT2D eigenvalue weighted by Crippen LogP contribution is -2.70. The quantitative estimate of drug-likeness (QED) is 0.612. The number of ether oxygens (including phenoxy) is 2. The van der Waals surface area contributed by atoms with Gasteiger partial charge in [0, 0.05) is 30.7 Å². The lowest BCUT2D eigenvalue weighted by molar-refractivity contribution is -0.274. The molecule has 5 fully saturated rings. The highest BCUT2D eigenvalue weighted by molar-refractivity contribution is 5.85. The standard InChI is InChI=1S/C27H29N3O3/c1-2-27-17-30-13-11-19(27)14-24(30)25(33-27)21-10-12-28-23-9-8-20(15-22(21)23)32-26(31)29-16-18-6-4-3-5-7-18/h3-10,12,15,19,24-25H,2,11,13-14,16-17H2,1H3,(H,29,31)/t19-,24+,25-,27-/m0/s1. The molecule has 6 heterocycles. The molecule has 5 aliphatic rings. The molecule has 170 valence electrons. The van der Waals surface area contributed by atoms with Gasteiger partial charge in [-0.05, 0) is 67.1 Å². The number of carbonyl (C=O) groups excluding carboxylic acids is 1. The second-order valence-electron chi connectivity index (χ2n) is 9.52. The maximum absolute atomic E-state index is 12.4. The van der Waals surface area contributed by atoms with Gasteiger partial charge in [0.1, 0.15) is 5.75 Å². The topological polar surface area (TPSA) is 63.7 Å². The fourth-order valence-corrected chi connectivity index (χ4v) is 6.10. The number of nitrogens with one attached hydrogen (secondary N) is 1. The van der Waals surface area contributed by atoms with Crippen molar-refractivity contribution < 1.29 is 14.3 Å². The minimum Gasteiger partial charge on any atom is -0.410 e. The van der Waals surface area contributed by atoms with Crippen LogP contribution in [0.1, 0.15) is 43.4 Å². The Morgan fingerprint density at radius 2 is 2.12 bits per heavy atom. The minimum absolute atomic E-state index is 0.0166. The van der Waals surface area contributed by atoms with Gasteiger partial charge in [0.15, 0.2) is 0 Å². The second-order valence-corrected chi connectivity index (χ2v) is 9.52. The molecule has 5 aliphatic heterocycles. The summed E-state index contributed by atoms with van der Waals surface area (Å²) in [6.07, 6.45) is 4.89. The van der Waals surface area contributed by atoms with E-state index >= 15 is 0 Å². The van der Waals surface area contributed by atoms with Gasteiger partial charge in [-0.15, -0.1) is 0 Å². The van der Waals surface area contributed by atoms with Crippen molar-refractivity contribution in [1.82, 2.24) is 15.2 Å². The van der Waals surface area contributed by atoms with Crippen LogP contribution in [0.2, 0.25) is 0 Å². The summed E-state index contributed by atoms with van der Waals surface area (Å²) in [6.45, 7) is 4.89. The molecule has 0 saturated carbocycles. The van der Waals surface area contributed by atoms with Crippen LogP contribution in [0.4, 0.5) is 4.79 Å². The maximum Gasteiger partial charge on any atom is 0.412 e. The summed E-state index contributed by atoms with van der Waals surface area (Å²) >= 11 is 0. The fourth-order valence-electron chi connectivity index (χ4n) is 6.10. The molecule has 3 aromatic rings. The highest BCUT2D eigenvalue weighted by Crippen LogP contribution is 2.54. The first-order chi connectivity index (χ1) is 16.1. The van der Waals surface area contributed by atoms with Crippen LogP contribution in [0.25, 0.3) is 10.9 Å². The van der Waals surface area contributed by atoms with Gasteiger partial charge in [-0.2, -0.15) is 0 Å². The van der Waals surface area contributed by atoms with Crippen molar-refractivity contribution in [2.75, 3.05) is 13.1 Å². The van der Waals surface area contributed by atoms with E-state index in [1.54, 1.807) is 6.07 Å². The molecule has 5 saturated heterocycles. The van der Waals surface area contributed by atoms with E-state index in [9.17, 15) is 4.79 Å². The summed E-state index contributed by atoms with van der Waals surface area (Å²) < 4.78 is 12.5. The van der Waals surface area contributed by atoms with Crippen LogP contribution in [-0.4, -0.2) is 40.7 Å². The molecule has 0 radical (unpaired) electrons. The highest BCUT2D eigenvalue weighted by Gasteiger charge is 2.58. The first kappa shape index (κ1) is 20.6. The number of hydrogen-bond donors (Lipinski definition) is 1. The maximum atomic E-state index is 12.4. The fraction of sp³-hybridized carbons (Fsp3) is 0.407. The van der Waals surface area contributed by atoms with E-state index in [0.29, 0.717) is 24.3 Å². The number of nitrogens with zero attached hydrogens (tertiary/aromatic N) is 2. The molecule has 6 heteroatoms. The first-order valence-electron chi connectivity index (χ1n) is 12.0. The Morgan fingerprint density at radius 3 is 2.91 bits per heavy atom. The molecule has 1 unspecified atom stereocenters. The molecule has 0 spiro atoms. The van der Waals surface area contributed by atoms with E-state index in [-0.39, 0.29) is 11.7 Å². The molecule has 8 rings (SSSR count). The molecule has 0 aliphatic carbocycles. The second kappa shape index (κ2) is 8.12. The predicted octanol–water partition coefficient (Wildman–Crippen LogP) is 4.84. The first-order valence-corrected chi connectivity index (χ1v) is 12.0. The molecule has 5 atom stereocenters.